The first-order valence-corrected chi connectivity index (χ1v) is 8.44. The lowest BCUT2D eigenvalue weighted by Crippen LogP contribution is -2.28. The summed E-state index contributed by atoms with van der Waals surface area (Å²) in [6.07, 6.45) is 3.79. The zero-order valence-corrected chi connectivity index (χ0v) is 13.8. The van der Waals surface area contributed by atoms with Crippen LogP contribution in [0, 0.1) is 0 Å². The molecular weight excluding hydrogens is 312 g/mol. The Morgan fingerprint density at radius 3 is 2.70 bits per heavy atom. The lowest BCUT2D eigenvalue weighted by Gasteiger charge is -2.18. The molecule has 0 saturated carbocycles. The predicted molar refractivity (Wildman–Crippen MR) is 89.6 cm³/mol. The molecule has 0 saturated heterocycles. The Kier molecular flexibility index (Phi) is 6.29. The first-order valence-electron chi connectivity index (χ1n) is 7.62. The van der Waals surface area contributed by atoms with E-state index in [0.717, 1.165) is 23.4 Å². The molecule has 1 heterocycles. The van der Waals surface area contributed by atoms with Gasteiger partial charge in [0.05, 0.1) is 17.2 Å². The number of carbonyl (C=O) groups is 2. The average molecular weight is 332 g/mol. The fourth-order valence-corrected chi connectivity index (χ4v) is 3.17. The molecule has 2 rings (SSSR count). The van der Waals surface area contributed by atoms with Gasteiger partial charge in [-0.15, -0.1) is 11.3 Å². The van der Waals surface area contributed by atoms with Crippen molar-refractivity contribution >= 4 is 23.2 Å². The van der Waals surface area contributed by atoms with Crippen LogP contribution in [0.15, 0.2) is 36.5 Å². The average Bonchev–Trinajstić information content (AvgIpc) is 3.01. The number of aromatic nitrogens is 1. The molecule has 6 heteroatoms. The van der Waals surface area contributed by atoms with E-state index in [0.29, 0.717) is 11.3 Å². The van der Waals surface area contributed by atoms with Gasteiger partial charge in [0.15, 0.2) is 0 Å². The zero-order chi connectivity index (χ0) is 16.7. The molecule has 1 aromatic heterocycles. The summed E-state index contributed by atoms with van der Waals surface area (Å²) >= 11 is 1.39. The van der Waals surface area contributed by atoms with Gasteiger partial charge < -0.3 is 10.4 Å². The summed E-state index contributed by atoms with van der Waals surface area (Å²) in [6.45, 7) is 2.07. The molecule has 122 valence electrons. The Hall–Kier alpha value is -2.21. The molecule has 0 aliphatic carbocycles. The van der Waals surface area contributed by atoms with Gasteiger partial charge >= 0.3 is 5.97 Å². The maximum atomic E-state index is 12.4. The van der Waals surface area contributed by atoms with E-state index in [4.69, 9.17) is 5.11 Å². The summed E-state index contributed by atoms with van der Waals surface area (Å²) in [7, 11) is 0. The fraction of sp³-hybridized carbons (Fsp3) is 0.353. The number of amides is 1. The quantitative estimate of drug-likeness (QED) is 0.776. The third-order valence-electron chi connectivity index (χ3n) is 3.40. The Morgan fingerprint density at radius 2 is 2.04 bits per heavy atom. The lowest BCUT2D eigenvalue weighted by atomic mass is 10.0. The van der Waals surface area contributed by atoms with E-state index in [1.54, 1.807) is 6.20 Å². The number of thiazole rings is 1. The molecule has 0 radical (unpaired) electrons. The predicted octanol–water partition coefficient (Wildman–Crippen LogP) is 3.43. The molecular formula is C17H20N2O3S. The normalized spacial score (nSPS) is 11.9. The minimum Gasteiger partial charge on any atom is -0.481 e. The number of benzene rings is 1. The summed E-state index contributed by atoms with van der Waals surface area (Å²) in [4.78, 5) is 28.1. The number of rotatable bonds is 8. The first-order chi connectivity index (χ1) is 11.1. The van der Waals surface area contributed by atoms with E-state index in [1.165, 1.54) is 11.3 Å². The molecule has 2 aromatic rings. The molecule has 0 spiro atoms. The molecule has 5 nitrogen and oxygen atoms in total. The van der Waals surface area contributed by atoms with Gasteiger partial charge in [0.25, 0.3) is 5.91 Å². The number of aliphatic carboxylic acids is 1. The molecule has 0 aliphatic rings. The van der Waals surface area contributed by atoms with Gasteiger partial charge in [-0.25, -0.2) is 4.98 Å². The van der Waals surface area contributed by atoms with Crippen LogP contribution in [0.5, 0.6) is 0 Å². The van der Waals surface area contributed by atoms with Gasteiger partial charge in [-0.2, -0.15) is 0 Å². The number of carbonyl (C=O) groups excluding carboxylic acids is 1. The molecule has 23 heavy (non-hydrogen) atoms. The highest BCUT2D eigenvalue weighted by Crippen LogP contribution is 2.21. The Morgan fingerprint density at radius 1 is 1.30 bits per heavy atom. The Bertz CT molecular complexity index is 655. The van der Waals surface area contributed by atoms with Crippen molar-refractivity contribution in [3.8, 4) is 0 Å². The van der Waals surface area contributed by atoms with Crippen LogP contribution >= 0.6 is 11.3 Å². The van der Waals surface area contributed by atoms with Crippen LogP contribution in [-0.2, 0) is 11.2 Å². The number of carboxylic acid groups (broad SMARTS) is 1. The Balaban J connectivity index is 2.09. The van der Waals surface area contributed by atoms with Gasteiger partial charge in [-0.05, 0) is 24.8 Å². The number of carboxylic acids is 1. The second-order valence-electron chi connectivity index (χ2n) is 5.24. The SMILES string of the molecule is CCCc1ncc(C(=O)NC(CCC(=O)O)c2ccccc2)s1. The molecule has 2 N–H and O–H groups in total. The molecule has 1 amide bonds. The van der Waals surface area contributed by atoms with Crippen molar-refractivity contribution in [3.05, 3.63) is 52.0 Å². The molecule has 0 aliphatic heterocycles. The van der Waals surface area contributed by atoms with E-state index in [-0.39, 0.29) is 18.4 Å². The van der Waals surface area contributed by atoms with E-state index in [2.05, 4.69) is 17.2 Å². The summed E-state index contributed by atoms with van der Waals surface area (Å²) < 4.78 is 0. The molecule has 0 fully saturated rings. The van der Waals surface area contributed by atoms with Crippen LogP contribution < -0.4 is 5.32 Å². The summed E-state index contributed by atoms with van der Waals surface area (Å²) in [5.74, 6) is -1.08. The van der Waals surface area contributed by atoms with Crippen LogP contribution in [0.25, 0.3) is 0 Å². The van der Waals surface area contributed by atoms with Gasteiger partial charge in [-0.1, -0.05) is 37.3 Å². The molecule has 0 bridgehead atoms. The van der Waals surface area contributed by atoms with Crippen LogP contribution in [-0.4, -0.2) is 22.0 Å². The molecule has 1 unspecified atom stereocenters. The number of aryl methyl sites for hydroxylation is 1. The summed E-state index contributed by atoms with van der Waals surface area (Å²) in [6, 6.07) is 9.10. The van der Waals surface area contributed by atoms with E-state index in [1.807, 2.05) is 30.3 Å². The second kappa shape index (κ2) is 8.43. The van der Waals surface area contributed by atoms with Crippen molar-refractivity contribution < 1.29 is 14.7 Å². The molecule has 1 aromatic carbocycles. The minimum absolute atomic E-state index is 0.00359. The van der Waals surface area contributed by atoms with Gasteiger partial charge in [0.2, 0.25) is 0 Å². The smallest absolute Gasteiger partial charge is 0.303 e. The van der Waals surface area contributed by atoms with Gasteiger partial charge in [0.1, 0.15) is 4.88 Å². The van der Waals surface area contributed by atoms with Crippen LogP contribution in [0.4, 0.5) is 0 Å². The summed E-state index contributed by atoms with van der Waals surface area (Å²) in [5, 5.41) is 12.8. The third-order valence-corrected chi connectivity index (χ3v) is 4.45. The van der Waals surface area contributed by atoms with Crippen molar-refractivity contribution in [1.82, 2.24) is 10.3 Å². The van der Waals surface area contributed by atoms with E-state index >= 15 is 0 Å². The van der Waals surface area contributed by atoms with Crippen LogP contribution in [0.1, 0.15) is 52.5 Å². The standard InChI is InChI=1S/C17H20N2O3S/c1-2-6-15-18-11-14(23-15)17(22)19-13(9-10-16(20)21)12-7-4-3-5-8-12/h3-5,7-8,11,13H,2,6,9-10H2,1H3,(H,19,22)(H,20,21). The topological polar surface area (TPSA) is 79.3 Å². The lowest BCUT2D eigenvalue weighted by molar-refractivity contribution is -0.137. The van der Waals surface area contributed by atoms with E-state index < -0.39 is 5.97 Å². The monoisotopic (exact) mass is 332 g/mol. The highest BCUT2D eigenvalue weighted by Gasteiger charge is 2.18. The van der Waals surface area contributed by atoms with E-state index in [9.17, 15) is 9.59 Å². The maximum Gasteiger partial charge on any atom is 0.303 e. The minimum atomic E-state index is -0.872. The number of hydrogen-bond donors (Lipinski definition) is 2. The van der Waals surface area contributed by atoms with Crippen molar-refractivity contribution in [2.75, 3.05) is 0 Å². The van der Waals surface area contributed by atoms with Crippen LogP contribution in [0.3, 0.4) is 0 Å². The third kappa shape index (κ3) is 5.17. The fourth-order valence-electron chi connectivity index (χ4n) is 2.25. The number of nitrogens with one attached hydrogen (secondary N) is 1. The summed E-state index contributed by atoms with van der Waals surface area (Å²) in [5.41, 5.74) is 0.903. The van der Waals surface area contributed by atoms with Crippen molar-refractivity contribution in [2.45, 2.75) is 38.6 Å². The van der Waals surface area contributed by atoms with Gasteiger partial charge in [-0.3, -0.25) is 9.59 Å². The van der Waals surface area contributed by atoms with Crippen molar-refractivity contribution in [3.63, 3.8) is 0 Å². The Labute approximate surface area is 139 Å². The largest absolute Gasteiger partial charge is 0.481 e. The second-order valence-corrected chi connectivity index (χ2v) is 6.35. The number of nitrogens with zero attached hydrogens (tertiary/aromatic N) is 1. The molecule has 1 atom stereocenters. The highest BCUT2D eigenvalue weighted by molar-refractivity contribution is 7.13. The zero-order valence-electron chi connectivity index (χ0n) is 13.0. The first kappa shape index (κ1) is 17.1. The highest BCUT2D eigenvalue weighted by atomic mass is 32.1. The van der Waals surface area contributed by atoms with Gasteiger partial charge in [0, 0.05) is 6.42 Å². The maximum absolute atomic E-state index is 12.4. The number of hydrogen-bond acceptors (Lipinski definition) is 4. The van der Waals surface area contributed by atoms with Crippen molar-refractivity contribution in [2.24, 2.45) is 0 Å². The van der Waals surface area contributed by atoms with Crippen LogP contribution in [0.2, 0.25) is 0 Å². The van der Waals surface area contributed by atoms with Crippen molar-refractivity contribution in [1.29, 1.82) is 0 Å².